The molecule has 12 N–H and O–H groups in total. The monoisotopic (exact) mass is 1050 g/mol. The van der Waals surface area contributed by atoms with Gasteiger partial charge in [0.2, 0.25) is 5.91 Å². The Labute approximate surface area is 433 Å². The van der Waals surface area contributed by atoms with E-state index in [1.807, 2.05) is 6.08 Å². The Hall–Kier alpha value is -2.25. The maximum absolute atomic E-state index is 13.3. The number of unbranched alkanes of at least 4 members (excludes halogenated alkanes) is 16. The zero-order valence-corrected chi connectivity index (χ0v) is 43.6. The molecule has 3 aliphatic heterocycles. The van der Waals surface area contributed by atoms with Gasteiger partial charge in [-0.1, -0.05) is 146 Å². The van der Waals surface area contributed by atoms with Crippen LogP contribution in [0.2, 0.25) is 0 Å². The topological polar surface area (TPSA) is 307 Å². The number of carbonyl (C=O) groups is 1. The number of carbonyl (C=O) groups excluding carboxylic acids is 1. The van der Waals surface area contributed by atoms with Gasteiger partial charge in [-0.15, -0.1) is 0 Å². The molecular formula is C54H95NO18. The van der Waals surface area contributed by atoms with Crippen LogP contribution in [-0.2, 0) is 33.2 Å². The molecule has 73 heavy (non-hydrogen) atoms. The van der Waals surface area contributed by atoms with Gasteiger partial charge in [0.05, 0.1) is 38.6 Å². The van der Waals surface area contributed by atoms with Gasteiger partial charge < -0.3 is 89.9 Å². The highest BCUT2D eigenvalue weighted by molar-refractivity contribution is 5.76. The summed E-state index contributed by atoms with van der Waals surface area (Å²) >= 11 is 0. The molecule has 0 spiro atoms. The van der Waals surface area contributed by atoms with Crippen LogP contribution in [0.3, 0.4) is 0 Å². The van der Waals surface area contributed by atoms with Crippen molar-refractivity contribution >= 4 is 5.91 Å². The Morgan fingerprint density at radius 2 is 0.945 bits per heavy atom. The Bertz CT molecular complexity index is 1530. The predicted octanol–water partition coefficient (Wildman–Crippen LogP) is 3.14. The van der Waals surface area contributed by atoms with Crippen molar-refractivity contribution < 1.29 is 89.4 Å². The maximum Gasteiger partial charge on any atom is 0.220 e. The molecular weight excluding hydrogens is 951 g/mol. The third-order valence-corrected chi connectivity index (χ3v) is 13.6. The second-order valence-corrected chi connectivity index (χ2v) is 19.7. The molecule has 3 aliphatic rings. The fraction of sp³-hybridized carbons (Fsp3) is 0.833. The number of nitrogens with one attached hydrogen (secondary N) is 1. The largest absolute Gasteiger partial charge is 0.394 e. The normalized spacial score (nSPS) is 32.1. The van der Waals surface area contributed by atoms with E-state index >= 15 is 0 Å². The summed E-state index contributed by atoms with van der Waals surface area (Å²) in [4.78, 5) is 13.3. The van der Waals surface area contributed by atoms with E-state index in [1.165, 1.54) is 38.5 Å². The number of rotatable bonds is 38. The minimum absolute atomic E-state index is 0.230. The molecule has 19 heteroatoms. The molecule has 17 unspecified atom stereocenters. The molecule has 0 aliphatic carbocycles. The fourth-order valence-corrected chi connectivity index (χ4v) is 9.08. The molecule has 1 amide bonds. The Kier molecular flexibility index (Phi) is 34.1. The van der Waals surface area contributed by atoms with Gasteiger partial charge in [-0.05, 0) is 51.4 Å². The van der Waals surface area contributed by atoms with Crippen molar-refractivity contribution in [2.24, 2.45) is 0 Å². The summed E-state index contributed by atoms with van der Waals surface area (Å²) in [5.74, 6) is -0.291. The average Bonchev–Trinajstić information content (AvgIpc) is 3.39. The summed E-state index contributed by atoms with van der Waals surface area (Å²) in [6, 6.07) is -0.977. The van der Waals surface area contributed by atoms with Crippen LogP contribution in [0.25, 0.3) is 0 Å². The van der Waals surface area contributed by atoms with E-state index in [1.54, 1.807) is 6.08 Å². The van der Waals surface area contributed by atoms with E-state index in [2.05, 4.69) is 55.6 Å². The molecule has 3 saturated heterocycles. The molecule has 0 aromatic heterocycles. The molecule has 424 valence electrons. The molecule has 0 bridgehead atoms. The average molecular weight is 1050 g/mol. The van der Waals surface area contributed by atoms with Crippen LogP contribution in [0.5, 0.6) is 0 Å². The van der Waals surface area contributed by atoms with E-state index in [0.29, 0.717) is 6.42 Å². The maximum atomic E-state index is 13.3. The highest BCUT2D eigenvalue weighted by Gasteiger charge is 2.53. The van der Waals surface area contributed by atoms with E-state index in [4.69, 9.17) is 28.4 Å². The smallest absolute Gasteiger partial charge is 0.220 e. The van der Waals surface area contributed by atoms with Crippen molar-refractivity contribution in [3.63, 3.8) is 0 Å². The quantitative estimate of drug-likeness (QED) is 0.0312. The van der Waals surface area contributed by atoms with E-state index < -0.39 is 124 Å². The van der Waals surface area contributed by atoms with Crippen molar-refractivity contribution in [1.29, 1.82) is 0 Å². The van der Waals surface area contributed by atoms with Gasteiger partial charge in [-0.2, -0.15) is 0 Å². The third kappa shape index (κ3) is 23.5. The van der Waals surface area contributed by atoms with Gasteiger partial charge in [0.15, 0.2) is 18.9 Å². The van der Waals surface area contributed by atoms with Crippen molar-refractivity contribution in [3.05, 3.63) is 48.6 Å². The lowest BCUT2D eigenvalue weighted by Crippen LogP contribution is -2.66. The molecule has 17 atom stereocenters. The Morgan fingerprint density at radius 3 is 1.48 bits per heavy atom. The van der Waals surface area contributed by atoms with Crippen molar-refractivity contribution in [2.75, 3.05) is 26.4 Å². The second kappa shape index (κ2) is 38.3. The Morgan fingerprint density at radius 1 is 0.507 bits per heavy atom. The summed E-state index contributed by atoms with van der Waals surface area (Å²) in [5, 5.41) is 120. The molecule has 0 saturated carbocycles. The van der Waals surface area contributed by atoms with E-state index in [0.717, 1.165) is 89.9 Å². The first-order valence-electron chi connectivity index (χ1n) is 27.4. The molecule has 19 nitrogen and oxygen atoms in total. The lowest BCUT2D eigenvalue weighted by Gasteiger charge is -2.48. The van der Waals surface area contributed by atoms with Crippen LogP contribution in [0.1, 0.15) is 155 Å². The van der Waals surface area contributed by atoms with Crippen LogP contribution >= 0.6 is 0 Å². The molecule has 0 aromatic rings. The number of hydrogen-bond donors (Lipinski definition) is 12. The summed E-state index contributed by atoms with van der Waals surface area (Å²) in [7, 11) is 0. The van der Waals surface area contributed by atoms with Crippen LogP contribution < -0.4 is 5.32 Å². The van der Waals surface area contributed by atoms with Gasteiger partial charge in [-0.25, -0.2) is 0 Å². The zero-order valence-electron chi connectivity index (χ0n) is 43.6. The third-order valence-electron chi connectivity index (χ3n) is 13.6. The van der Waals surface area contributed by atoms with Crippen LogP contribution in [-0.4, -0.2) is 193 Å². The number of ether oxygens (including phenoxy) is 6. The summed E-state index contributed by atoms with van der Waals surface area (Å²) in [6.45, 7) is 1.55. The number of allylic oxidation sites excluding steroid dienone is 7. The highest BCUT2D eigenvalue weighted by Crippen LogP contribution is 2.33. The summed E-state index contributed by atoms with van der Waals surface area (Å²) in [5.41, 5.74) is 0. The number of aliphatic hydroxyl groups excluding tert-OH is 11. The van der Waals surface area contributed by atoms with E-state index in [-0.39, 0.29) is 18.9 Å². The predicted molar refractivity (Wildman–Crippen MR) is 272 cm³/mol. The summed E-state index contributed by atoms with van der Waals surface area (Å²) in [6.07, 6.45) is 12.5. The van der Waals surface area contributed by atoms with Gasteiger partial charge in [0.25, 0.3) is 0 Å². The number of aliphatic hydroxyl groups is 11. The number of hydrogen-bond acceptors (Lipinski definition) is 18. The highest BCUT2D eigenvalue weighted by atomic mass is 16.8. The first-order chi connectivity index (χ1) is 35.3. The zero-order chi connectivity index (χ0) is 53.4. The lowest BCUT2D eigenvalue weighted by atomic mass is 9.96. The standard InChI is InChI=1S/C54H95NO18/c1-3-5-7-9-11-13-15-16-17-18-19-20-22-24-26-28-30-32-42(60)55-37(38(59)31-29-27-25-23-21-14-12-10-8-6-4-2)36-68-52-48(66)45(63)50(40(34-57)70-52)73-54-49(67)46(64)51(41(35-58)71-54)72-53-47(65)44(62)43(61)39(33-56)69-53/h5,7,11,13,16-17,29,31,37-41,43-54,56-59,61-67H,3-4,6,8-10,12,14-15,18-28,30,32-36H2,1-2H3,(H,55,60)/b7-5-,13-11-,17-16-,31-29+. The van der Waals surface area contributed by atoms with Crippen molar-refractivity contribution in [1.82, 2.24) is 5.32 Å². The molecule has 0 radical (unpaired) electrons. The minimum atomic E-state index is -1.98. The van der Waals surface area contributed by atoms with E-state index in [9.17, 15) is 61.0 Å². The first-order valence-corrected chi connectivity index (χ1v) is 27.4. The van der Waals surface area contributed by atoms with Gasteiger partial charge >= 0.3 is 0 Å². The van der Waals surface area contributed by atoms with Gasteiger partial charge in [0, 0.05) is 6.42 Å². The minimum Gasteiger partial charge on any atom is -0.394 e. The second-order valence-electron chi connectivity index (χ2n) is 19.7. The SMILES string of the molecule is CC/C=C\C/C=C\C/C=C\CCCCCCCCCC(=O)NC(COC1OC(CO)C(OC2OC(CO)C(OC3OC(CO)C(O)C(O)C3O)C(O)C2O)C(O)C1O)C(O)/C=C/CCCCCCCCCCC. The van der Waals surface area contributed by atoms with Crippen LogP contribution in [0.15, 0.2) is 48.6 Å². The summed E-state index contributed by atoms with van der Waals surface area (Å²) < 4.78 is 34.1. The molecule has 3 rings (SSSR count). The van der Waals surface area contributed by atoms with Gasteiger partial charge in [0.1, 0.15) is 73.2 Å². The number of amides is 1. The Balaban J connectivity index is 1.53. The molecule has 0 aromatic carbocycles. The van der Waals surface area contributed by atoms with Crippen LogP contribution in [0.4, 0.5) is 0 Å². The molecule has 3 heterocycles. The molecule has 3 fully saturated rings. The van der Waals surface area contributed by atoms with Crippen LogP contribution in [0, 0.1) is 0 Å². The van der Waals surface area contributed by atoms with Crippen molar-refractivity contribution in [2.45, 2.75) is 259 Å². The van der Waals surface area contributed by atoms with Crippen molar-refractivity contribution in [3.8, 4) is 0 Å². The fourth-order valence-electron chi connectivity index (χ4n) is 9.08. The van der Waals surface area contributed by atoms with Gasteiger partial charge in [-0.3, -0.25) is 4.79 Å². The first kappa shape index (κ1) is 65.0. The lowest BCUT2D eigenvalue weighted by molar-refractivity contribution is -0.379.